The van der Waals surface area contributed by atoms with Crippen molar-refractivity contribution in [3.8, 4) is 0 Å². The lowest BCUT2D eigenvalue weighted by Crippen LogP contribution is -2.16. The van der Waals surface area contributed by atoms with Crippen LogP contribution in [-0.2, 0) is 0 Å². The second-order valence-corrected chi connectivity index (χ2v) is 12.1. The van der Waals surface area contributed by atoms with Crippen molar-refractivity contribution in [1.82, 2.24) is 9.97 Å². The molecule has 2 heterocycles. The summed E-state index contributed by atoms with van der Waals surface area (Å²) in [5.41, 5.74) is 9.13. The van der Waals surface area contributed by atoms with E-state index in [1.807, 2.05) is 18.6 Å². The number of rotatable bonds is 6. The number of hydrogen-bond acceptors (Lipinski definition) is 4. The summed E-state index contributed by atoms with van der Waals surface area (Å²) < 4.78 is 0. The molecule has 8 rings (SSSR count). The lowest BCUT2D eigenvalue weighted by molar-refractivity contribution is 1.21. The lowest BCUT2D eigenvalue weighted by atomic mass is 9.92. The van der Waals surface area contributed by atoms with Crippen molar-refractivity contribution in [3.05, 3.63) is 169 Å². The summed E-state index contributed by atoms with van der Waals surface area (Å²) in [7, 11) is 0. The molecule has 0 saturated carbocycles. The molecule has 0 aliphatic carbocycles. The SMILES string of the molecule is Cc1ccc2c(N(c3ccccc3)c3nccc4ccccc34)c3cc(C)c(C)cc3c(N(c3ccccc3)c3ccncc3)c2c1. The predicted octanol–water partition coefficient (Wildman–Crippen LogP) is 11.8. The molecule has 226 valence electrons. The second kappa shape index (κ2) is 11.7. The summed E-state index contributed by atoms with van der Waals surface area (Å²) in [5.74, 6) is 0.900. The summed E-state index contributed by atoms with van der Waals surface area (Å²) >= 11 is 0. The van der Waals surface area contributed by atoms with Gasteiger partial charge in [-0.2, -0.15) is 0 Å². The first-order valence-corrected chi connectivity index (χ1v) is 16.0. The maximum atomic E-state index is 5.09. The molecule has 0 bridgehead atoms. The summed E-state index contributed by atoms with van der Waals surface area (Å²) in [6.07, 6.45) is 5.66. The topological polar surface area (TPSA) is 32.3 Å². The Hall–Kier alpha value is -6.00. The van der Waals surface area contributed by atoms with Crippen LogP contribution < -0.4 is 9.80 Å². The fraction of sp³-hybridized carbons (Fsp3) is 0.0698. The van der Waals surface area contributed by atoms with Crippen LogP contribution in [0, 0.1) is 20.8 Å². The maximum Gasteiger partial charge on any atom is 0.145 e. The number of fused-ring (bicyclic) bond motifs is 3. The van der Waals surface area contributed by atoms with Crippen LogP contribution >= 0.6 is 0 Å². The van der Waals surface area contributed by atoms with Gasteiger partial charge in [-0.05, 0) is 97.9 Å². The van der Waals surface area contributed by atoms with E-state index in [-0.39, 0.29) is 0 Å². The summed E-state index contributed by atoms with van der Waals surface area (Å²) in [5, 5.41) is 6.89. The third-order valence-corrected chi connectivity index (χ3v) is 9.09. The molecule has 0 fully saturated rings. The van der Waals surface area contributed by atoms with Gasteiger partial charge in [0.05, 0.1) is 11.4 Å². The molecule has 0 saturated heterocycles. The van der Waals surface area contributed by atoms with E-state index in [0.29, 0.717) is 0 Å². The number of benzene rings is 6. The second-order valence-electron chi connectivity index (χ2n) is 12.1. The van der Waals surface area contributed by atoms with Crippen LogP contribution in [0.15, 0.2) is 152 Å². The lowest BCUT2D eigenvalue weighted by Gasteiger charge is -2.33. The Morgan fingerprint density at radius 1 is 0.426 bits per heavy atom. The van der Waals surface area contributed by atoms with E-state index in [9.17, 15) is 0 Å². The fourth-order valence-electron chi connectivity index (χ4n) is 6.73. The van der Waals surface area contributed by atoms with Crippen LogP contribution in [0.1, 0.15) is 16.7 Å². The zero-order valence-corrected chi connectivity index (χ0v) is 26.7. The third kappa shape index (κ3) is 4.95. The van der Waals surface area contributed by atoms with Crippen molar-refractivity contribution in [1.29, 1.82) is 0 Å². The summed E-state index contributed by atoms with van der Waals surface area (Å²) in [6.45, 7) is 6.59. The number of hydrogen-bond donors (Lipinski definition) is 0. The van der Waals surface area contributed by atoms with Crippen LogP contribution in [0.25, 0.3) is 32.3 Å². The van der Waals surface area contributed by atoms with Gasteiger partial charge in [0, 0.05) is 62.6 Å². The number of aromatic nitrogens is 2. The van der Waals surface area contributed by atoms with Crippen LogP contribution in [0.5, 0.6) is 0 Å². The number of pyridine rings is 2. The fourth-order valence-corrected chi connectivity index (χ4v) is 6.73. The number of aryl methyl sites for hydroxylation is 3. The first-order valence-electron chi connectivity index (χ1n) is 16.0. The molecule has 0 spiro atoms. The first kappa shape index (κ1) is 28.5. The molecule has 6 aromatic carbocycles. The van der Waals surface area contributed by atoms with Gasteiger partial charge in [-0.15, -0.1) is 0 Å². The molecule has 2 aromatic heterocycles. The van der Waals surface area contributed by atoms with E-state index in [1.54, 1.807) is 0 Å². The Balaban J connectivity index is 1.58. The molecule has 4 heteroatoms. The largest absolute Gasteiger partial charge is 0.309 e. The van der Waals surface area contributed by atoms with Crippen molar-refractivity contribution < 1.29 is 0 Å². The van der Waals surface area contributed by atoms with E-state index in [1.165, 1.54) is 22.1 Å². The van der Waals surface area contributed by atoms with Crippen molar-refractivity contribution in [2.75, 3.05) is 9.80 Å². The zero-order valence-electron chi connectivity index (χ0n) is 26.7. The summed E-state index contributed by atoms with van der Waals surface area (Å²) in [6, 6.07) is 47.6. The maximum absolute atomic E-state index is 5.09. The predicted molar refractivity (Wildman–Crippen MR) is 198 cm³/mol. The van der Waals surface area contributed by atoms with Crippen molar-refractivity contribution in [3.63, 3.8) is 0 Å². The monoisotopic (exact) mass is 606 g/mol. The molecule has 0 radical (unpaired) electrons. The van der Waals surface area contributed by atoms with E-state index in [0.717, 1.165) is 61.2 Å². The van der Waals surface area contributed by atoms with Gasteiger partial charge < -0.3 is 4.90 Å². The van der Waals surface area contributed by atoms with Gasteiger partial charge in [0.25, 0.3) is 0 Å². The molecular weight excluding hydrogens is 573 g/mol. The van der Waals surface area contributed by atoms with Crippen LogP contribution in [-0.4, -0.2) is 9.97 Å². The Bertz CT molecular complexity index is 2340. The Morgan fingerprint density at radius 3 is 1.66 bits per heavy atom. The normalized spacial score (nSPS) is 11.3. The minimum absolute atomic E-state index is 0.900. The molecule has 8 aromatic rings. The van der Waals surface area contributed by atoms with Gasteiger partial charge in [0.1, 0.15) is 5.82 Å². The molecule has 0 aliphatic rings. The Morgan fingerprint density at radius 2 is 0.979 bits per heavy atom. The van der Waals surface area contributed by atoms with Gasteiger partial charge >= 0.3 is 0 Å². The number of nitrogens with zero attached hydrogens (tertiary/aromatic N) is 4. The van der Waals surface area contributed by atoms with Crippen molar-refractivity contribution in [2.45, 2.75) is 20.8 Å². The molecule has 0 amide bonds. The smallest absolute Gasteiger partial charge is 0.145 e. The van der Waals surface area contributed by atoms with E-state index < -0.39 is 0 Å². The highest BCUT2D eigenvalue weighted by Gasteiger charge is 2.27. The summed E-state index contributed by atoms with van der Waals surface area (Å²) in [4.78, 5) is 14.2. The van der Waals surface area contributed by atoms with Crippen molar-refractivity contribution >= 4 is 66.6 Å². The van der Waals surface area contributed by atoms with Gasteiger partial charge in [0.2, 0.25) is 0 Å². The number of para-hydroxylation sites is 2. The molecule has 4 nitrogen and oxygen atoms in total. The van der Waals surface area contributed by atoms with Gasteiger partial charge in [-0.25, -0.2) is 4.98 Å². The van der Waals surface area contributed by atoms with Crippen LogP contribution in [0.2, 0.25) is 0 Å². The van der Waals surface area contributed by atoms with Crippen LogP contribution in [0.4, 0.5) is 34.3 Å². The molecule has 0 atom stereocenters. The average molecular weight is 607 g/mol. The standard InChI is InChI=1S/C43H34N4/c1-29-18-19-37-38(26-29)42(46(33-13-6-4-7-14-33)35-21-23-44-24-22-35)40-28-31(3)30(2)27-39(40)41(37)47(34-15-8-5-9-16-34)43-36-17-11-10-12-32(36)20-25-45-43/h4-28H,1-3H3. The molecule has 0 aliphatic heterocycles. The minimum Gasteiger partial charge on any atom is -0.309 e. The molecule has 47 heavy (non-hydrogen) atoms. The highest BCUT2D eigenvalue weighted by atomic mass is 15.2. The highest BCUT2D eigenvalue weighted by Crippen LogP contribution is 2.52. The Kier molecular flexibility index (Phi) is 7.11. The molecule has 0 unspecified atom stereocenters. The molecule has 0 N–H and O–H groups in total. The minimum atomic E-state index is 0.900. The van der Waals surface area contributed by atoms with E-state index >= 15 is 0 Å². The highest BCUT2D eigenvalue weighted by molar-refractivity contribution is 6.24. The van der Waals surface area contributed by atoms with E-state index in [2.05, 4.69) is 169 Å². The van der Waals surface area contributed by atoms with Gasteiger partial charge in [-0.1, -0.05) is 78.4 Å². The zero-order chi connectivity index (χ0) is 31.9. The number of anilines is 6. The molecular formula is C43H34N4. The van der Waals surface area contributed by atoms with Crippen molar-refractivity contribution in [2.24, 2.45) is 0 Å². The Labute approximate surface area is 275 Å². The first-order chi connectivity index (χ1) is 23.1. The van der Waals surface area contributed by atoms with E-state index in [4.69, 9.17) is 4.98 Å². The van der Waals surface area contributed by atoms with Gasteiger partial charge in [-0.3, -0.25) is 9.88 Å². The quantitative estimate of drug-likeness (QED) is 0.139. The third-order valence-electron chi connectivity index (χ3n) is 9.09. The van der Waals surface area contributed by atoms with Crippen LogP contribution in [0.3, 0.4) is 0 Å². The van der Waals surface area contributed by atoms with Gasteiger partial charge in [0.15, 0.2) is 0 Å². The average Bonchev–Trinajstić information content (AvgIpc) is 3.11.